The van der Waals surface area contributed by atoms with Crippen LogP contribution in [0.5, 0.6) is 0 Å². The topological polar surface area (TPSA) is 86.6 Å². The normalized spacial score (nSPS) is 14.7. The molecule has 0 heterocycles. The van der Waals surface area contributed by atoms with Crippen LogP contribution in [0, 0.1) is 0 Å². The highest BCUT2D eigenvalue weighted by Crippen LogP contribution is 2.02. The molecular formula is C8H15NO4. The summed E-state index contributed by atoms with van der Waals surface area (Å²) in [6.07, 6.45) is 0.00769. The average Bonchev–Trinajstić information content (AvgIpc) is 1.99. The van der Waals surface area contributed by atoms with Crippen LogP contribution in [0.4, 0.5) is 0 Å². The third-order valence-electron chi connectivity index (χ3n) is 1.59. The predicted octanol–water partition coefficient (Wildman–Crippen LogP) is -0.263. The average molecular weight is 189 g/mol. The number of amides is 1. The van der Waals surface area contributed by atoms with E-state index >= 15 is 0 Å². The second kappa shape index (κ2) is 5.53. The first-order chi connectivity index (χ1) is 5.99. The number of aliphatic hydroxyl groups excluding tert-OH is 1. The van der Waals surface area contributed by atoms with Gasteiger partial charge < -0.3 is 15.5 Å². The number of aliphatic carboxylic acids is 1. The first-order valence-corrected chi connectivity index (χ1v) is 4.17. The summed E-state index contributed by atoms with van der Waals surface area (Å²) in [7, 11) is 0. The van der Waals surface area contributed by atoms with Crippen LogP contribution in [0.15, 0.2) is 0 Å². The molecule has 0 bridgehead atoms. The lowest BCUT2D eigenvalue weighted by atomic mass is 10.1. The molecule has 0 aliphatic rings. The molecule has 0 aliphatic carbocycles. The maximum Gasteiger partial charge on any atom is 0.328 e. The summed E-state index contributed by atoms with van der Waals surface area (Å²) in [6, 6.07) is -1.20. The Morgan fingerprint density at radius 1 is 1.46 bits per heavy atom. The van der Waals surface area contributed by atoms with E-state index < -0.39 is 24.0 Å². The van der Waals surface area contributed by atoms with Crippen molar-refractivity contribution in [1.29, 1.82) is 0 Å². The molecule has 0 spiro atoms. The molecular weight excluding hydrogens is 174 g/mol. The van der Waals surface area contributed by atoms with Crippen molar-refractivity contribution in [2.45, 2.75) is 38.8 Å². The molecule has 13 heavy (non-hydrogen) atoms. The SMILES string of the molecule is CCCC(O)C(NC(C)=O)C(=O)O. The predicted molar refractivity (Wildman–Crippen MR) is 46.2 cm³/mol. The fourth-order valence-electron chi connectivity index (χ4n) is 1.00. The minimum atomic E-state index is -1.21. The van der Waals surface area contributed by atoms with Gasteiger partial charge in [0.2, 0.25) is 5.91 Å². The Kier molecular flexibility index (Phi) is 5.06. The van der Waals surface area contributed by atoms with Crippen LogP contribution in [-0.2, 0) is 9.59 Å². The van der Waals surface area contributed by atoms with Crippen LogP contribution in [0.1, 0.15) is 26.7 Å². The second-order valence-corrected chi connectivity index (χ2v) is 2.87. The van der Waals surface area contributed by atoms with Gasteiger partial charge in [0, 0.05) is 6.92 Å². The van der Waals surface area contributed by atoms with E-state index in [1.807, 2.05) is 6.92 Å². The van der Waals surface area contributed by atoms with Gasteiger partial charge in [-0.1, -0.05) is 13.3 Å². The van der Waals surface area contributed by atoms with E-state index in [4.69, 9.17) is 5.11 Å². The Morgan fingerprint density at radius 3 is 2.31 bits per heavy atom. The van der Waals surface area contributed by atoms with Crippen molar-refractivity contribution < 1.29 is 19.8 Å². The van der Waals surface area contributed by atoms with Gasteiger partial charge in [-0.15, -0.1) is 0 Å². The van der Waals surface area contributed by atoms with Crippen LogP contribution in [0.25, 0.3) is 0 Å². The molecule has 0 aromatic heterocycles. The molecule has 0 radical (unpaired) electrons. The monoisotopic (exact) mass is 189 g/mol. The van der Waals surface area contributed by atoms with E-state index in [2.05, 4.69) is 5.32 Å². The van der Waals surface area contributed by atoms with Crippen molar-refractivity contribution in [3.8, 4) is 0 Å². The Hall–Kier alpha value is -1.10. The lowest BCUT2D eigenvalue weighted by molar-refractivity contribution is -0.145. The molecule has 2 atom stereocenters. The first kappa shape index (κ1) is 11.9. The highest BCUT2D eigenvalue weighted by molar-refractivity contribution is 5.82. The summed E-state index contributed by atoms with van der Waals surface area (Å²) in [5.41, 5.74) is 0. The molecule has 0 fully saturated rings. The number of carbonyl (C=O) groups excluding carboxylic acids is 1. The molecule has 0 aliphatic heterocycles. The molecule has 5 nitrogen and oxygen atoms in total. The molecule has 1 amide bonds. The lowest BCUT2D eigenvalue weighted by Gasteiger charge is -2.18. The van der Waals surface area contributed by atoms with Crippen LogP contribution >= 0.6 is 0 Å². The Morgan fingerprint density at radius 2 is 2.00 bits per heavy atom. The Labute approximate surface area is 76.8 Å². The van der Waals surface area contributed by atoms with Crippen LogP contribution in [-0.4, -0.2) is 34.2 Å². The third-order valence-corrected chi connectivity index (χ3v) is 1.59. The maximum absolute atomic E-state index is 10.6. The number of carboxylic acids is 1. The zero-order valence-electron chi connectivity index (χ0n) is 7.78. The molecule has 0 aromatic rings. The highest BCUT2D eigenvalue weighted by Gasteiger charge is 2.26. The van der Waals surface area contributed by atoms with Crippen molar-refractivity contribution in [2.75, 3.05) is 0 Å². The molecule has 0 rings (SSSR count). The highest BCUT2D eigenvalue weighted by atomic mass is 16.4. The second-order valence-electron chi connectivity index (χ2n) is 2.87. The van der Waals surface area contributed by atoms with Gasteiger partial charge in [0.15, 0.2) is 6.04 Å². The standard InChI is InChI=1S/C8H15NO4/c1-3-4-6(11)7(8(12)13)9-5(2)10/h6-7,11H,3-4H2,1-2H3,(H,9,10)(H,12,13). The first-order valence-electron chi connectivity index (χ1n) is 4.17. The van der Waals surface area contributed by atoms with Crippen LogP contribution in [0.3, 0.4) is 0 Å². The van der Waals surface area contributed by atoms with Gasteiger partial charge in [-0.2, -0.15) is 0 Å². The Balaban J connectivity index is 4.23. The van der Waals surface area contributed by atoms with E-state index in [0.29, 0.717) is 12.8 Å². The summed E-state index contributed by atoms with van der Waals surface area (Å²) < 4.78 is 0. The molecule has 5 heteroatoms. The number of carboxylic acid groups (broad SMARTS) is 1. The van der Waals surface area contributed by atoms with E-state index in [-0.39, 0.29) is 0 Å². The van der Waals surface area contributed by atoms with Gasteiger partial charge in [0.05, 0.1) is 6.10 Å². The van der Waals surface area contributed by atoms with E-state index in [1.54, 1.807) is 0 Å². The summed E-state index contributed by atoms with van der Waals surface area (Å²) in [5, 5.41) is 20.2. The zero-order chi connectivity index (χ0) is 10.4. The molecule has 0 saturated carbocycles. The van der Waals surface area contributed by atoms with Crippen LogP contribution < -0.4 is 5.32 Å². The molecule has 0 saturated heterocycles. The fourth-order valence-corrected chi connectivity index (χ4v) is 1.00. The summed E-state index contributed by atoms with van der Waals surface area (Å²) in [4.78, 5) is 21.2. The number of hydrogen-bond donors (Lipinski definition) is 3. The van der Waals surface area contributed by atoms with E-state index in [0.717, 1.165) is 0 Å². The van der Waals surface area contributed by atoms with Crippen molar-refractivity contribution in [3.05, 3.63) is 0 Å². The summed E-state index contributed by atoms with van der Waals surface area (Å²) in [5.74, 6) is -1.67. The number of rotatable bonds is 5. The van der Waals surface area contributed by atoms with Crippen molar-refractivity contribution in [2.24, 2.45) is 0 Å². The molecule has 76 valence electrons. The van der Waals surface area contributed by atoms with Crippen molar-refractivity contribution in [1.82, 2.24) is 5.32 Å². The van der Waals surface area contributed by atoms with E-state index in [1.165, 1.54) is 6.92 Å². The molecule has 2 unspecified atom stereocenters. The van der Waals surface area contributed by atoms with Gasteiger partial charge in [0.1, 0.15) is 0 Å². The van der Waals surface area contributed by atoms with Gasteiger partial charge in [0.25, 0.3) is 0 Å². The third kappa shape index (κ3) is 4.47. The van der Waals surface area contributed by atoms with Gasteiger partial charge in [-0.3, -0.25) is 4.79 Å². The minimum Gasteiger partial charge on any atom is -0.480 e. The fraction of sp³-hybridized carbons (Fsp3) is 0.750. The van der Waals surface area contributed by atoms with Crippen LogP contribution in [0.2, 0.25) is 0 Å². The number of hydrogen-bond acceptors (Lipinski definition) is 3. The number of carbonyl (C=O) groups is 2. The van der Waals surface area contributed by atoms with E-state index in [9.17, 15) is 14.7 Å². The quantitative estimate of drug-likeness (QED) is 0.556. The minimum absolute atomic E-state index is 0.358. The maximum atomic E-state index is 10.6. The van der Waals surface area contributed by atoms with Gasteiger partial charge in [-0.05, 0) is 6.42 Å². The number of nitrogens with one attached hydrogen (secondary N) is 1. The smallest absolute Gasteiger partial charge is 0.328 e. The summed E-state index contributed by atoms with van der Waals surface area (Å²) >= 11 is 0. The zero-order valence-corrected chi connectivity index (χ0v) is 7.78. The van der Waals surface area contributed by atoms with Crippen molar-refractivity contribution >= 4 is 11.9 Å². The van der Waals surface area contributed by atoms with Gasteiger partial charge in [-0.25, -0.2) is 4.79 Å². The molecule has 0 aromatic carbocycles. The Bertz CT molecular complexity index is 193. The summed E-state index contributed by atoms with van der Waals surface area (Å²) in [6.45, 7) is 3.05. The largest absolute Gasteiger partial charge is 0.480 e. The van der Waals surface area contributed by atoms with Gasteiger partial charge >= 0.3 is 5.97 Å². The number of aliphatic hydroxyl groups is 1. The lowest BCUT2D eigenvalue weighted by Crippen LogP contribution is -2.47. The molecule has 3 N–H and O–H groups in total. The van der Waals surface area contributed by atoms with Crippen molar-refractivity contribution in [3.63, 3.8) is 0 Å².